The van der Waals surface area contributed by atoms with Crippen molar-refractivity contribution in [2.24, 2.45) is 5.73 Å². The number of nitrogens with two attached hydrogens (primary N) is 1. The molecule has 76 valence electrons. The van der Waals surface area contributed by atoms with Gasteiger partial charge in [0.25, 0.3) is 0 Å². The van der Waals surface area contributed by atoms with Gasteiger partial charge in [-0.05, 0) is 37.6 Å². The van der Waals surface area contributed by atoms with Gasteiger partial charge in [0.2, 0.25) is 0 Å². The van der Waals surface area contributed by atoms with E-state index in [1.165, 1.54) is 6.07 Å². The van der Waals surface area contributed by atoms with Crippen LogP contribution in [0.4, 0.5) is 0 Å². The zero-order chi connectivity index (χ0) is 10.9. The average molecular weight is 214 g/mol. The number of aromatic carboxylic acids is 1. The Kier molecular flexibility index (Phi) is 2.83. The minimum atomic E-state index is -0.991. The molecule has 0 unspecified atom stereocenters. The third-order valence-corrected chi connectivity index (χ3v) is 2.14. The SMILES string of the molecule is CC(C)(N)c1cc(Cl)ccc1C(=O)O. The molecule has 1 aromatic carbocycles. The molecule has 0 saturated carbocycles. The highest BCUT2D eigenvalue weighted by Gasteiger charge is 2.21. The molecule has 0 spiro atoms. The molecule has 14 heavy (non-hydrogen) atoms. The van der Waals surface area contributed by atoms with Crippen molar-refractivity contribution in [2.45, 2.75) is 19.4 Å². The molecule has 0 aromatic heterocycles. The van der Waals surface area contributed by atoms with E-state index in [1.807, 2.05) is 0 Å². The molecule has 3 nitrogen and oxygen atoms in total. The molecule has 0 saturated heterocycles. The topological polar surface area (TPSA) is 63.3 Å². The van der Waals surface area contributed by atoms with Gasteiger partial charge in [0, 0.05) is 10.6 Å². The first-order valence-electron chi connectivity index (χ1n) is 4.14. The largest absolute Gasteiger partial charge is 0.478 e. The van der Waals surface area contributed by atoms with Crippen molar-refractivity contribution in [3.8, 4) is 0 Å². The second kappa shape index (κ2) is 3.59. The lowest BCUT2D eigenvalue weighted by Crippen LogP contribution is -2.30. The molecular weight excluding hydrogens is 202 g/mol. The Morgan fingerprint density at radius 3 is 2.50 bits per heavy atom. The highest BCUT2D eigenvalue weighted by Crippen LogP contribution is 2.24. The zero-order valence-corrected chi connectivity index (χ0v) is 8.80. The van der Waals surface area contributed by atoms with Gasteiger partial charge in [-0.3, -0.25) is 0 Å². The second-order valence-electron chi connectivity index (χ2n) is 3.72. The third-order valence-electron chi connectivity index (χ3n) is 1.91. The number of carbonyl (C=O) groups is 1. The first kappa shape index (κ1) is 11.0. The molecule has 0 atom stereocenters. The number of benzene rings is 1. The summed E-state index contributed by atoms with van der Waals surface area (Å²) in [6.45, 7) is 3.48. The van der Waals surface area contributed by atoms with E-state index in [0.29, 0.717) is 10.6 Å². The van der Waals surface area contributed by atoms with E-state index in [9.17, 15) is 4.79 Å². The van der Waals surface area contributed by atoms with Crippen LogP contribution in [-0.2, 0) is 5.54 Å². The van der Waals surface area contributed by atoms with Crippen LogP contribution in [0.25, 0.3) is 0 Å². The van der Waals surface area contributed by atoms with Gasteiger partial charge in [0.1, 0.15) is 0 Å². The quantitative estimate of drug-likeness (QED) is 0.792. The minimum absolute atomic E-state index is 0.196. The lowest BCUT2D eigenvalue weighted by molar-refractivity contribution is 0.0694. The second-order valence-corrected chi connectivity index (χ2v) is 4.15. The fourth-order valence-corrected chi connectivity index (χ4v) is 1.41. The Bertz CT molecular complexity index is 369. The van der Waals surface area contributed by atoms with Gasteiger partial charge in [-0.25, -0.2) is 4.79 Å². The maximum Gasteiger partial charge on any atom is 0.336 e. The molecule has 0 bridgehead atoms. The van der Waals surface area contributed by atoms with Gasteiger partial charge in [0.15, 0.2) is 0 Å². The lowest BCUT2D eigenvalue weighted by atomic mass is 9.91. The Labute approximate surface area is 87.5 Å². The predicted molar refractivity (Wildman–Crippen MR) is 55.6 cm³/mol. The molecule has 0 aliphatic rings. The van der Waals surface area contributed by atoms with E-state index in [-0.39, 0.29) is 5.56 Å². The normalized spacial score (nSPS) is 11.4. The van der Waals surface area contributed by atoms with Gasteiger partial charge in [-0.15, -0.1) is 0 Å². The number of rotatable bonds is 2. The Hall–Kier alpha value is -1.06. The molecule has 3 N–H and O–H groups in total. The van der Waals surface area contributed by atoms with E-state index in [1.54, 1.807) is 26.0 Å². The van der Waals surface area contributed by atoms with Gasteiger partial charge in [-0.2, -0.15) is 0 Å². The van der Waals surface area contributed by atoms with Crippen LogP contribution in [0, 0.1) is 0 Å². The fourth-order valence-electron chi connectivity index (χ4n) is 1.24. The number of carboxylic acid groups (broad SMARTS) is 1. The number of hydrogen-bond donors (Lipinski definition) is 2. The molecule has 1 rings (SSSR count). The van der Waals surface area contributed by atoms with Gasteiger partial charge in [-0.1, -0.05) is 11.6 Å². The van der Waals surface area contributed by atoms with Gasteiger partial charge in [0.05, 0.1) is 5.56 Å². The molecule has 0 radical (unpaired) electrons. The average Bonchev–Trinajstić information content (AvgIpc) is 2.01. The predicted octanol–water partition coefficient (Wildman–Crippen LogP) is 2.23. The molecule has 0 aliphatic heterocycles. The van der Waals surface area contributed by atoms with Crippen LogP contribution in [-0.4, -0.2) is 11.1 Å². The van der Waals surface area contributed by atoms with Gasteiger partial charge >= 0.3 is 5.97 Å². The highest BCUT2D eigenvalue weighted by atomic mass is 35.5. The molecule has 1 aromatic rings. The number of carboxylic acids is 1. The van der Waals surface area contributed by atoms with Crippen molar-refractivity contribution in [3.05, 3.63) is 34.3 Å². The Morgan fingerprint density at radius 1 is 1.50 bits per heavy atom. The summed E-state index contributed by atoms with van der Waals surface area (Å²) in [6.07, 6.45) is 0. The standard InChI is InChI=1S/C10H12ClNO2/c1-10(2,12)8-5-6(11)3-4-7(8)9(13)14/h3-5H,12H2,1-2H3,(H,13,14). The maximum absolute atomic E-state index is 10.9. The Morgan fingerprint density at radius 2 is 2.07 bits per heavy atom. The molecule has 0 fully saturated rings. The van der Waals surface area contributed by atoms with Crippen molar-refractivity contribution in [3.63, 3.8) is 0 Å². The summed E-state index contributed by atoms with van der Waals surface area (Å²) in [7, 11) is 0. The van der Waals surface area contributed by atoms with Crippen molar-refractivity contribution < 1.29 is 9.90 Å². The molecule has 4 heteroatoms. The van der Waals surface area contributed by atoms with Crippen LogP contribution < -0.4 is 5.73 Å². The Balaban J connectivity index is 3.38. The van der Waals surface area contributed by atoms with Crippen LogP contribution in [0.5, 0.6) is 0 Å². The minimum Gasteiger partial charge on any atom is -0.478 e. The summed E-state index contributed by atoms with van der Waals surface area (Å²) in [5, 5.41) is 9.41. The maximum atomic E-state index is 10.9. The number of hydrogen-bond acceptors (Lipinski definition) is 2. The lowest BCUT2D eigenvalue weighted by Gasteiger charge is -2.21. The molecule has 0 amide bonds. The third kappa shape index (κ3) is 2.25. The molecule has 0 heterocycles. The summed E-state index contributed by atoms with van der Waals surface area (Å²) in [5.41, 5.74) is 5.87. The van der Waals surface area contributed by atoms with E-state index in [0.717, 1.165) is 0 Å². The van der Waals surface area contributed by atoms with Crippen molar-refractivity contribution in [1.82, 2.24) is 0 Å². The van der Waals surface area contributed by atoms with E-state index >= 15 is 0 Å². The van der Waals surface area contributed by atoms with Crippen molar-refractivity contribution in [2.75, 3.05) is 0 Å². The first-order valence-corrected chi connectivity index (χ1v) is 4.52. The van der Waals surface area contributed by atoms with Crippen LogP contribution in [0.2, 0.25) is 5.02 Å². The van der Waals surface area contributed by atoms with Crippen LogP contribution in [0.3, 0.4) is 0 Å². The first-order chi connectivity index (χ1) is 6.32. The summed E-state index contributed by atoms with van der Waals surface area (Å²) < 4.78 is 0. The van der Waals surface area contributed by atoms with Crippen LogP contribution in [0.15, 0.2) is 18.2 Å². The summed E-state index contributed by atoms with van der Waals surface area (Å²) >= 11 is 5.78. The van der Waals surface area contributed by atoms with E-state index < -0.39 is 11.5 Å². The van der Waals surface area contributed by atoms with Crippen LogP contribution >= 0.6 is 11.6 Å². The van der Waals surface area contributed by atoms with Crippen LogP contribution in [0.1, 0.15) is 29.8 Å². The van der Waals surface area contributed by atoms with E-state index in [2.05, 4.69) is 0 Å². The molecular formula is C10H12ClNO2. The van der Waals surface area contributed by atoms with E-state index in [4.69, 9.17) is 22.4 Å². The monoisotopic (exact) mass is 213 g/mol. The molecule has 0 aliphatic carbocycles. The van der Waals surface area contributed by atoms with Gasteiger partial charge < -0.3 is 10.8 Å². The van der Waals surface area contributed by atoms with Crippen molar-refractivity contribution in [1.29, 1.82) is 0 Å². The summed E-state index contributed by atoms with van der Waals surface area (Å²) in [6, 6.07) is 4.60. The smallest absolute Gasteiger partial charge is 0.336 e. The zero-order valence-electron chi connectivity index (χ0n) is 8.04. The van der Waals surface area contributed by atoms with Crippen molar-refractivity contribution >= 4 is 17.6 Å². The summed E-state index contributed by atoms with van der Waals surface area (Å²) in [4.78, 5) is 10.9. The number of halogens is 1. The summed E-state index contributed by atoms with van der Waals surface area (Å²) in [5.74, 6) is -0.991. The fraction of sp³-hybridized carbons (Fsp3) is 0.300. The highest BCUT2D eigenvalue weighted by molar-refractivity contribution is 6.30.